The van der Waals surface area contributed by atoms with E-state index in [1.54, 1.807) is 12.1 Å². The van der Waals surface area contributed by atoms with Crippen molar-refractivity contribution < 1.29 is 9.59 Å². The van der Waals surface area contributed by atoms with Gasteiger partial charge in [-0.3, -0.25) is 25.8 Å². The first kappa shape index (κ1) is 19.8. The Kier molecular flexibility index (Phi) is 6.11. The van der Waals surface area contributed by atoms with Crippen LogP contribution in [0.15, 0.2) is 46.9 Å². The Labute approximate surface area is 178 Å². The standard InChI is InChI=1S/C18H13BrClN3O2S2/c1-9-6-7-10(8-12(9)19)16(24)22-23-18(26)21-17(25)15-14(20)11-4-2-3-5-13(11)27-15/h2-8H,1H3,(H,22,24)(H2,21,23,25,26). The Balaban J connectivity index is 1.61. The van der Waals surface area contributed by atoms with Gasteiger partial charge in [0.15, 0.2) is 5.11 Å². The van der Waals surface area contributed by atoms with Crippen molar-refractivity contribution in [2.24, 2.45) is 0 Å². The summed E-state index contributed by atoms with van der Waals surface area (Å²) >= 11 is 16.0. The fourth-order valence-electron chi connectivity index (χ4n) is 2.27. The van der Waals surface area contributed by atoms with Crippen LogP contribution in [0.1, 0.15) is 25.6 Å². The number of amides is 2. The third kappa shape index (κ3) is 4.47. The Bertz CT molecular complexity index is 1070. The molecule has 9 heteroatoms. The van der Waals surface area contributed by atoms with Crippen LogP contribution in [0, 0.1) is 6.92 Å². The van der Waals surface area contributed by atoms with E-state index in [1.165, 1.54) is 11.3 Å². The molecule has 0 fully saturated rings. The number of hydrazine groups is 1. The Morgan fingerprint density at radius 1 is 1.11 bits per heavy atom. The Hall–Kier alpha value is -2.00. The highest BCUT2D eigenvalue weighted by atomic mass is 79.9. The van der Waals surface area contributed by atoms with Crippen molar-refractivity contribution in [2.75, 3.05) is 0 Å². The molecule has 1 heterocycles. The first-order valence-corrected chi connectivity index (χ1v) is 10.1. The van der Waals surface area contributed by atoms with E-state index in [9.17, 15) is 9.59 Å². The lowest BCUT2D eigenvalue weighted by Crippen LogP contribution is -2.48. The number of hydrogen-bond donors (Lipinski definition) is 3. The van der Waals surface area contributed by atoms with Crippen molar-refractivity contribution in [3.8, 4) is 0 Å². The van der Waals surface area contributed by atoms with Gasteiger partial charge < -0.3 is 0 Å². The molecule has 0 aliphatic heterocycles. The maximum Gasteiger partial charge on any atom is 0.269 e. The Morgan fingerprint density at radius 2 is 1.85 bits per heavy atom. The molecule has 0 aliphatic carbocycles. The van der Waals surface area contributed by atoms with Gasteiger partial charge in [-0.25, -0.2) is 0 Å². The van der Waals surface area contributed by atoms with Gasteiger partial charge in [-0.2, -0.15) is 0 Å². The van der Waals surface area contributed by atoms with Crippen LogP contribution < -0.4 is 16.2 Å². The van der Waals surface area contributed by atoms with Crippen LogP contribution in [0.5, 0.6) is 0 Å². The molecule has 2 aromatic carbocycles. The molecule has 0 spiro atoms. The minimum Gasteiger partial charge on any atom is -0.297 e. The van der Waals surface area contributed by atoms with Crippen molar-refractivity contribution in [3.63, 3.8) is 0 Å². The number of carbonyl (C=O) groups is 2. The van der Waals surface area contributed by atoms with E-state index >= 15 is 0 Å². The van der Waals surface area contributed by atoms with Gasteiger partial charge in [0.05, 0.1) is 5.02 Å². The molecule has 0 unspecified atom stereocenters. The number of carbonyl (C=O) groups excluding carboxylic acids is 2. The summed E-state index contributed by atoms with van der Waals surface area (Å²) < 4.78 is 1.73. The van der Waals surface area contributed by atoms with E-state index in [1.807, 2.05) is 37.3 Å². The van der Waals surface area contributed by atoms with Gasteiger partial charge in [0.2, 0.25) is 0 Å². The second kappa shape index (κ2) is 8.35. The van der Waals surface area contributed by atoms with Crippen LogP contribution in [0.4, 0.5) is 0 Å². The van der Waals surface area contributed by atoms with Crippen molar-refractivity contribution in [3.05, 3.63) is 68.0 Å². The van der Waals surface area contributed by atoms with Gasteiger partial charge >= 0.3 is 0 Å². The van der Waals surface area contributed by atoms with E-state index in [0.717, 1.165) is 20.1 Å². The van der Waals surface area contributed by atoms with Crippen LogP contribution in [-0.4, -0.2) is 16.9 Å². The second-order valence-corrected chi connectivity index (χ2v) is 8.26. The number of fused-ring (bicyclic) bond motifs is 1. The smallest absolute Gasteiger partial charge is 0.269 e. The van der Waals surface area contributed by atoms with Crippen molar-refractivity contribution in [1.29, 1.82) is 0 Å². The van der Waals surface area contributed by atoms with Gasteiger partial charge in [-0.05, 0) is 42.9 Å². The largest absolute Gasteiger partial charge is 0.297 e. The molecule has 0 aliphatic rings. The highest BCUT2D eigenvalue weighted by Crippen LogP contribution is 2.34. The molecular formula is C18H13BrClN3O2S2. The molecule has 0 atom stereocenters. The minimum atomic E-state index is -0.439. The van der Waals surface area contributed by atoms with Crippen molar-refractivity contribution in [1.82, 2.24) is 16.2 Å². The Morgan fingerprint density at radius 3 is 2.56 bits per heavy atom. The molecule has 3 aromatic rings. The third-order valence-electron chi connectivity index (χ3n) is 3.69. The number of thiocarbonyl (C=S) groups is 1. The zero-order valence-electron chi connectivity index (χ0n) is 13.9. The van der Waals surface area contributed by atoms with Gasteiger partial charge in [-0.1, -0.05) is 51.8 Å². The lowest BCUT2D eigenvalue weighted by Gasteiger charge is -2.11. The molecule has 1 aromatic heterocycles. The normalized spacial score (nSPS) is 10.5. The van der Waals surface area contributed by atoms with E-state index in [4.69, 9.17) is 23.8 Å². The number of nitrogens with one attached hydrogen (secondary N) is 3. The van der Waals surface area contributed by atoms with E-state index in [2.05, 4.69) is 32.1 Å². The maximum atomic E-state index is 12.4. The molecule has 3 N–H and O–H groups in total. The molecule has 138 valence electrons. The third-order valence-corrected chi connectivity index (χ3v) is 6.42. The number of aryl methyl sites for hydroxylation is 1. The topological polar surface area (TPSA) is 70.2 Å². The van der Waals surface area contributed by atoms with Crippen LogP contribution >= 0.6 is 51.1 Å². The first-order chi connectivity index (χ1) is 12.9. The van der Waals surface area contributed by atoms with Gasteiger partial charge in [-0.15, -0.1) is 11.3 Å². The summed E-state index contributed by atoms with van der Waals surface area (Å²) in [6, 6.07) is 12.7. The SMILES string of the molecule is Cc1ccc(C(=O)NNC(=S)NC(=O)c2sc3ccccc3c2Cl)cc1Br. The number of hydrogen-bond acceptors (Lipinski definition) is 4. The molecule has 0 saturated heterocycles. The van der Waals surface area contributed by atoms with Crippen LogP contribution in [0.25, 0.3) is 10.1 Å². The van der Waals surface area contributed by atoms with Crippen molar-refractivity contribution >= 4 is 78.1 Å². The van der Waals surface area contributed by atoms with Crippen LogP contribution in [-0.2, 0) is 0 Å². The quantitative estimate of drug-likeness (QED) is 0.369. The highest BCUT2D eigenvalue weighted by molar-refractivity contribution is 9.10. The number of benzene rings is 2. The predicted octanol–water partition coefficient (Wildman–Crippen LogP) is 4.57. The number of thiophene rings is 1. The number of rotatable bonds is 2. The van der Waals surface area contributed by atoms with Crippen LogP contribution in [0.3, 0.4) is 0 Å². The zero-order valence-corrected chi connectivity index (χ0v) is 17.9. The molecule has 27 heavy (non-hydrogen) atoms. The fraction of sp³-hybridized carbons (Fsp3) is 0.0556. The summed E-state index contributed by atoms with van der Waals surface area (Å²) in [7, 11) is 0. The second-order valence-electron chi connectivity index (χ2n) is 5.57. The summed E-state index contributed by atoms with van der Waals surface area (Å²) in [5.41, 5.74) is 6.43. The molecule has 3 rings (SSSR count). The first-order valence-electron chi connectivity index (χ1n) is 7.71. The van der Waals surface area contributed by atoms with E-state index < -0.39 is 5.91 Å². The summed E-state index contributed by atoms with van der Waals surface area (Å²) in [6.45, 7) is 1.92. The molecule has 0 saturated carbocycles. The molecule has 5 nitrogen and oxygen atoms in total. The lowest BCUT2D eigenvalue weighted by atomic mass is 10.1. The molecule has 0 radical (unpaired) electrons. The monoisotopic (exact) mass is 481 g/mol. The summed E-state index contributed by atoms with van der Waals surface area (Å²) in [5, 5.41) is 3.67. The molecule has 0 bridgehead atoms. The predicted molar refractivity (Wildman–Crippen MR) is 116 cm³/mol. The fourth-order valence-corrected chi connectivity index (χ4v) is 4.21. The van der Waals surface area contributed by atoms with Gasteiger partial charge in [0.25, 0.3) is 11.8 Å². The summed E-state index contributed by atoms with van der Waals surface area (Å²) in [5.74, 6) is -0.821. The average molecular weight is 483 g/mol. The van der Waals surface area contributed by atoms with Gasteiger partial charge in [0.1, 0.15) is 4.88 Å². The highest BCUT2D eigenvalue weighted by Gasteiger charge is 2.18. The molecule has 2 amide bonds. The van der Waals surface area contributed by atoms with Crippen LogP contribution in [0.2, 0.25) is 5.02 Å². The summed E-state index contributed by atoms with van der Waals surface area (Å²) in [6.07, 6.45) is 0. The summed E-state index contributed by atoms with van der Waals surface area (Å²) in [4.78, 5) is 24.9. The maximum absolute atomic E-state index is 12.4. The van der Waals surface area contributed by atoms with E-state index in [0.29, 0.717) is 15.5 Å². The number of halogens is 2. The average Bonchev–Trinajstić information content (AvgIpc) is 2.99. The minimum absolute atomic E-state index is 0.0342. The zero-order chi connectivity index (χ0) is 19.6. The lowest BCUT2D eigenvalue weighted by molar-refractivity contribution is 0.0935. The van der Waals surface area contributed by atoms with Gasteiger partial charge in [0, 0.05) is 20.1 Å². The van der Waals surface area contributed by atoms with E-state index in [-0.39, 0.29) is 11.0 Å². The molecular weight excluding hydrogens is 470 g/mol. The van der Waals surface area contributed by atoms with Crippen molar-refractivity contribution in [2.45, 2.75) is 6.92 Å².